The summed E-state index contributed by atoms with van der Waals surface area (Å²) < 4.78 is 0. The summed E-state index contributed by atoms with van der Waals surface area (Å²) in [7, 11) is 0. The van der Waals surface area contributed by atoms with Gasteiger partial charge in [-0.1, -0.05) is 30.3 Å². The highest BCUT2D eigenvalue weighted by Crippen LogP contribution is 2.13. The average Bonchev–Trinajstić information content (AvgIpc) is 3.11. The molecule has 25 heavy (non-hydrogen) atoms. The Morgan fingerprint density at radius 3 is 2.44 bits per heavy atom. The van der Waals surface area contributed by atoms with E-state index in [1.165, 1.54) is 0 Å². The van der Waals surface area contributed by atoms with Crippen LogP contribution >= 0.6 is 0 Å². The topological polar surface area (TPSA) is 90.5 Å². The number of carboxylic acids is 1. The van der Waals surface area contributed by atoms with E-state index in [9.17, 15) is 9.59 Å². The lowest BCUT2D eigenvalue weighted by molar-refractivity contribution is -0.139. The van der Waals surface area contributed by atoms with Gasteiger partial charge in [0.25, 0.3) is 5.91 Å². The number of hydrogen-bond donors (Lipinski definition) is 4. The number of carbonyl (C=O) groups is 2. The summed E-state index contributed by atoms with van der Waals surface area (Å²) in [5.74, 6) is -0.939. The highest BCUT2D eigenvalue weighted by molar-refractivity contribution is 6.04. The van der Waals surface area contributed by atoms with Crippen molar-refractivity contribution in [2.45, 2.75) is 25.0 Å². The normalized spacial score (nSPS) is 19.5. The van der Waals surface area contributed by atoms with Crippen LogP contribution < -0.4 is 16.0 Å². The first-order valence-corrected chi connectivity index (χ1v) is 8.27. The number of amides is 1. The van der Waals surface area contributed by atoms with Crippen LogP contribution in [0.5, 0.6) is 0 Å². The number of hydrogen-bond acceptors (Lipinski definition) is 4. The molecule has 0 radical (unpaired) electrons. The van der Waals surface area contributed by atoms with Gasteiger partial charge in [0.05, 0.1) is 0 Å². The fourth-order valence-corrected chi connectivity index (χ4v) is 2.84. The summed E-state index contributed by atoms with van der Waals surface area (Å²) in [6.45, 7) is 1.31. The minimum Gasteiger partial charge on any atom is -0.480 e. The molecule has 0 aromatic heterocycles. The molecule has 1 aliphatic rings. The van der Waals surface area contributed by atoms with Gasteiger partial charge < -0.3 is 21.1 Å². The molecule has 0 unspecified atom stereocenters. The maximum Gasteiger partial charge on any atom is 0.320 e. The van der Waals surface area contributed by atoms with Crippen molar-refractivity contribution in [2.75, 3.05) is 11.9 Å². The molecule has 0 saturated carbocycles. The summed E-state index contributed by atoms with van der Waals surface area (Å²) in [6.07, 6.45) is 0.584. The maximum atomic E-state index is 12.1. The second kappa shape index (κ2) is 7.92. The lowest BCUT2D eigenvalue weighted by atomic mass is 10.1. The fourth-order valence-electron chi connectivity index (χ4n) is 2.84. The standard InChI is InChI=1S/C19H21N3O3/c23-18(14-4-2-1-3-5-14)22-15-8-6-13(7-9-15)11-20-16-10-17(19(24)25)21-12-16/h1-9,16-17,20-21H,10-12H2,(H,22,23)(H,24,25)/t16-,17-/m0/s1. The summed E-state index contributed by atoms with van der Waals surface area (Å²) in [6, 6.07) is 16.4. The van der Waals surface area contributed by atoms with Crippen molar-refractivity contribution in [1.29, 1.82) is 0 Å². The van der Waals surface area contributed by atoms with Crippen molar-refractivity contribution >= 4 is 17.6 Å². The summed E-state index contributed by atoms with van der Waals surface area (Å²) in [5, 5.41) is 18.2. The molecule has 1 fully saturated rings. The number of carboxylic acid groups (broad SMARTS) is 1. The van der Waals surface area contributed by atoms with Crippen LogP contribution in [0.4, 0.5) is 5.69 Å². The third-order valence-electron chi connectivity index (χ3n) is 4.27. The van der Waals surface area contributed by atoms with E-state index in [-0.39, 0.29) is 11.9 Å². The van der Waals surface area contributed by atoms with E-state index in [0.29, 0.717) is 25.1 Å². The van der Waals surface area contributed by atoms with E-state index in [0.717, 1.165) is 11.3 Å². The first-order valence-electron chi connectivity index (χ1n) is 8.27. The zero-order valence-corrected chi connectivity index (χ0v) is 13.7. The van der Waals surface area contributed by atoms with Gasteiger partial charge in [-0.15, -0.1) is 0 Å². The Morgan fingerprint density at radius 1 is 1.08 bits per heavy atom. The van der Waals surface area contributed by atoms with E-state index >= 15 is 0 Å². The van der Waals surface area contributed by atoms with E-state index in [1.807, 2.05) is 42.5 Å². The van der Waals surface area contributed by atoms with Gasteiger partial charge in [-0.2, -0.15) is 0 Å². The van der Waals surface area contributed by atoms with Crippen LogP contribution in [0.2, 0.25) is 0 Å². The quantitative estimate of drug-likeness (QED) is 0.645. The van der Waals surface area contributed by atoms with Crippen molar-refractivity contribution in [3.05, 3.63) is 65.7 Å². The van der Waals surface area contributed by atoms with Crippen molar-refractivity contribution < 1.29 is 14.7 Å². The molecule has 4 N–H and O–H groups in total. The Labute approximate surface area is 146 Å². The largest absolute Gasteiger partial charge is 0.480 e. The second-order valence-corrected chi connectivity index (χ2v) is 6.13. The molecular formula is C19H21N3O3. The van der Waals surface area contributed by atoms with Crippen molar-refractivity contribution in [3.63, 3.8) is 0 Å². The number of rotatable bonds is 6. The van der Waals surface area contributed by atoms with E-state index in [1.54, 1.807) is 12.1 Å². The smallest absolute Gasteiger partial charge is 0.320 e. The van der Waals surface area contributed by atoms with Gasteiger partial charge in [-0.3, -0.25) is 9.59 Å². The molecule has 0 aliphatic carbocycles. The van der Waals surface area contributed by atoms with E-state index < -0.39 is 12.0 Å². The number of anilines is 1. The molecule has 2 aromatic carbocycles. The zero-order valence-electron chi connectivity index (χ0n) is 13.7. The predicted octanol–water partition coefficient (Wildman–Crippen LogP) is 1.84. The Kier molecular flexibility index (Phi) is 5.42. The van der Waals surface area contributed by atoms with Crippen LogP contribution in [0, 0.1) is 0 Å². The molecular weight excluding hydrogens is 318 g/mol. The third kappa shape index (κ3) is 4.65. The number of carbonyl (C=O) groups excluding carboxylic acids is 1. The minimum absolute atomic E-state index is 0.136. The Balaban J connectivity index is 1.49. The van der Waals surface area contributed by atoms with Crippen LogP contribution in [0.25, 0.3) is 0 Å². The Morgan fingerprint density at radius 2 is 1.80 bits per heavy atom. The summed E-state index contributed by atoms with van der Waals surface area (Å²) in [5.41, 5.74) is 2.44. The molecule has 1 aliphatic heterocycles. The summed E-state index contributed by atoms with van der Waals surface area (Å²) in [4.78, 5) is 23.0. The second-order valence-electron chi connectivity index (χ2n) is 6.13. The third-order valence-corrected chi connectivity index (χ3v) is 4.27. The molecule has 6 heteroatoms. The lowest BCUT2D eigenvalue weighted by Crippen LogP contribution is -2.30. The predicted molar refractivity (Wildman–Crippen MR) is 95.5 cm³/mol. The molecule has 0 bridgehead atoms. The van der Waals surface area contributed by atoms with Crippen LogP contribution in [0.15, 0.2) is 54.6 Å². The monoisotopic (exact) mass is 339 g/mol. The molecule has 3 rings (SSSR count). The number of nitrogens with one attached hydrogen (secondary N) is 3. The first kappa shape index (κ1) is 17.1. The highest BCUT2D eigenvalue weighted by atomic mass is 16.4. The van der Waals surface area contributed by atoms with Gasteiger partial charge in [-0.05, 0) is 36.2 Å². The van der Waals surface area contributed by atoms with Crippen molar-refractivity contribution in [2.24, 2.45) is 0 Å². The van der Waals surface area contributed by atoms with E-state index in [2.05, 4.69) is 16.0 Å². The molecule has 130 valence electrons. The van der Waals surface area contributed by atoms with Gasteiger partial charge in [0.1, 0.15) is 6.04 Å². The first-order chi connectivity index (χ1) is 12.1. The summed E-state index contributed by atoms with van der Waals surface area (Å²) >= 11 is 0. The van der Waals surface area contributed by atoms with Gasteiger partial charge in [0.2, 0.25) is 0 Å². The number of aliphatic carboxylic acids is 1. The molecule has 1 amide bonds. The molecule has 2 aromatic rings. The van der Waals surface area contributed by atoms with Crippen LogP contribution in [0.1, 0.15) is 22.3 Å². The average molecular weight is 339 g/mol. The molecule has 1 saturated heterocycles. The van der Waals surface area contributed by atoms with Crippen molar-refractivity contribution in [3.8, 4) is 0 Å². The fraction of sp³-hybridized carbons (Fsp3) is 0.263. The van der Waals surface area contributed by atoms with Crippen LogP contribution in [0.3, 0.4) is 0 Å². The Hall–Kier alpha value is -2.70. The molecule has 0 spiro atoms. The highest BCUT2D eigenvalue weighted by Gasteiger charge is 2.28. The molecule has 6 nitrogen and oxygen atoms in total. The van der Waals surface area contributed by atoms with Gasteiger partial charge >= 0.3 is 5.97 Å². The van der Waals surface area contributed by atoms with Gasteiger partial charge in [0.15, 0.2) is 0 Å². The molecule has 1 heterocycles. The van der Waals surface area contributed by atoms with Gasteiger partial charge in [-0.25, -0.2) is 0 Å². The van der Waals surface area contributed by atoms with Gasteiger partial charge in [0, 0.05) is 30.4 Å². The lowest BCUT2D eigenvalue weighted by Gasteiger charge is -2.12. The van der Waals surface area contributed by atoms with E-state index in [4.69, 9.17) is 5.11 Å². The van der Waals surface area contributed by atoms with Crippen molar-refractivity contribution in [1.82, 2.24) is 10.6 Å². The Bertz CT molecular complexity index is 731. The minimum atomic E-state index is -0.803. The van der Waals surface area contributed by atoms with Crippen LogP contribution in [-0.4, -0.2) is 35.6 Å². The number of benzene rings is 2. The zero-order chi connectivity index (χ0) is 17.6. The van der Waals surface area contributed by atoms with Crippen LogP contribution in [-0.2, 0) is 11.3 Å². The SMILES string of the molecule is O=C(Nc1ccc(CN[C@@H]2CN[C@H](C(=O)O)C2)cc1)c1ccccc1. The molecule has 2 atom stereocenters. The maximum absolute atomic E-state index is 12.1.